The Morgan fingerprint density at radius 1 is 1.19 bits per heavy atom. The normalized spacial score (nSPS) is 10.8. The van der Waals surface area contributed by atoms with Crippen LogP contribution >= 0.6 is 27.7 Å². The molecule has 1 aromatic carbocycles. The molecule has 1 aromatic heterocycles. The molecule has 112 valence electrons. The fourth-order valence-corrected chi connectivity index (χ4v) is 2.94. The third-order valence-electron chi connectivity index (χ3n) is 2.87. The number of hydrogen-bond acceptors (Lipinski definition) is 4. The van der Waals surface area contributed by atoms with Crippen molar-refractivity contribution in [3.05, 3.63) is 52.0 Å². The van der Waals surface area contributed by atoms with Crippen LogP contribution in [-0.2, 0) is 12.3 Å². The van der Waals surface area contributed by atoms with Crippen LogP contribution in [0.25, 0.3) is 0 Å². The van der Waals surface area contributed by atoms with Gasteiger partial charge in [-0.3, -0.25) is 0 Å². The SMILES string of the molecule is CCCNCc1cc(C)nc(CSc2ccc(Br)cc2)n1. The van der Waals surface area contributed by atoms with Gasteiger partial charge in [0, 0.05) is 21.6 Å². The fourth-order valence-electron chi connectivity index (χ4n) is 1.93. The van der Waals surface area contributed by atoms with Crippen LogP contribution in [0.2, 0.25) is 0 Å². The number of benzene rings is 1. The van der Waals surface area contributed by atoms with E-state index in [-0.39, 0.29) is 0 Å². The number of thioether (sulfide) groups is 1. The highest BCUT2D eigenvalue weighted by molar-refractivity contribution is 9.10. The lowest BCUT2D eigenvalue weighted by atomic mass is 10.3. The summed E-state index contributed by atoms with van der Waals surface area (Å²) >= 11 is 5.21. The summed E-state index contributed by atoms with van der Waals surface area (Å²) in [6.45, 7) is 6.02. The Hall–Kier alpha value is -0.910. The second kappa shape index (κ2) is 8.51. The molecule has 0 aliphatic rings. The number of aromatic nitrogens is 2. The summed E-state index contributed by atoms with van der Waals surface area (Å²) in [5, 5.41) is 3.38. The second-order valence-electron chi connectivity index (χ2n) is 4.84. The van der Waals surface area contributed by atoms with Gasteiger partial charge in [0.1, 0.15) is 5.82 Å². The van der Waals surface area contributed by atoms with Crippen LogP contribution in [0.1, 0.15) is 30.6 Å². The van der Waals surface area contributed by atoms with E-state index in [1.54, 1.807) is 11.8 Å². The summed E-state index contributed by atoms with van der Waals surface area (Å²) in [4.78, 5) is 10.4. The van der Waals surface area contributed by atoms with Gasteiger partial charge in [-0.2, -0.15) is 0 Å². The molecule has 2 rings (SSSR count). The molecule has 5 heteroatoms. The average molecular weight is 366 g/mol. The lowest BCUT2D eigenvalue weighted by Gasteiger charge is -2.07. The first-order chi connectivity index (χ1) is 10.2. The molecule has 0 bridgehead atoms. The minimum absolute atomic E-state index is 0.796. The molecule has 1 heterocycles. The smallest absolute Gasteiger partial charge is 0.139 e. The van der Waals surface area contributed by atoms with Crippen molar-refractivity contribution in [3.63, 3.8) is 0 Å². The molecule has 3 nitrogen and oxygen atoms in total. The quantitative estimate of drug-likeness (QED) is 0.584. The van der Waals surface area contributed by atoms with Crippen molar-refractivity contribution in [2.75, 3.05) is 6.54 Å². The van der Waals surface area contributed by atoms with E-state index in [1.165, 1.54) is 4.90 Å². The molecule has 1 N–H and O–H groups in total. The van der Waals surface area contributed by atoms with Crippen molar-refractivity contribution in [1.82, 2.24) is 15.3 Å². The molecule has 2 aromatic rings. The highest BCUT2D eigenvalue weighted by Crippen LogP contribution is 2.23. The van der Waals surface area contributed by atoms with Gasteiger partial charge < -0.3 is 5.32 Å². The number of nitrogens with one attached hydrogen (secondary N) is 1. The molecule has 0 radical (unpaired) electrons. The summed E-state index contributed by atoms with van der Waals surface area (Å²) in [6.07, 6.45) is 1.14. The number of halogens is 1. The first-order valence-corrected chi connectivity index (χ1v) is 8.87. The highest BCUT2D eigenvalue weighted by Gasteiger charge is 2.04. The summed E-state index contributed by atoms with van der Waals surface area (Å²) in [7, 11) is 0. The van der Waals surface area contributed by atoms with Crippen molar-refractivity contribution in [3.8, 4) is 0 Å². The van der Waals surface area contributed by atoms with E-state index >= 15 is 0 Å². The van der Waals surface area contributed by atoms with Crippen molar-refractivity contribution >= 4 is 27.7 Å². The summed E-state index contributed by atoms with van der Waals surface area (Å²) < 4.78 is 1.10. The Labute approximate surface area is 139 Å². The summed E-state index contributed by atoms with van der Waals surface area (Å²) in [5.41, 5.74) is 2.10. The number of hydrogen-bond donors (Lipinski definition) is 1. The van der Waals surface area contributed by atoms with Gasteiger partial charge in [0.05, 0.1) is 11.4 Å². The third kappa shape index (κ3) is 5.77. The Morgan fingerprint density at radius 3 is 2.67 bits per heavy atom. The van der Waals surface area contributed by atoms with Crippen LogP contribution in [0.5, 0.6) is 0 Å². The maximum absolute atomic E-state index is 4.63. The maximum atomic E-state index is 4.63. The molecule has 0 aliphatic carbocycles. The predicted molar refractivity (Wildman–Crippen MR) is 92.5 cm³/mol. The minimum Gasteiger partial charge on any atom is -0.311 e. The predicted octanol–water partition coefficient (Wildman–Crippen LogP) is 4.34. The van der Waals surface area contributed by atoms with Crippen LogP contribution in [0.3, 0.4) is 0 Å². The standard InChI is InChI=1S/C16H20BrN3S/c1-3-8-18-10-14-9-12(2)19-16(20-14)11-21-15-6-4-13(17)5-7-15/h4-7,9,18H,3,8,10-11H2,1-2H3. The summed E-state index contributed by atoms with van der Waals surface area (Å²) in [6, 6.07) is 10.4. The molecule has 0 aliphatic heterocycles. The Bertz CT molecular complexity index is 572. The van der Waals surface area contributed by atoms with E-state index in [4.69, 9.17) is 0 Å². The lowest BCUT2D eigenvalue weighted by Crippen LogP contribution is -2.15. The first kappa shape index (κ1) is 16.5. The van der Waals surface area contributed by atoms with Gasteiger partial charge in [-0.05, 0) is 50.2 Å². The number of aryl methyl sites for hydroxylation is 1. The molecule has 0 atom stereocenters. The van der Waals surface area contributed by atoms with Crippen LogP contribution in [0, 0.1) is 6.92 Å². The molecule has 0 fully saturated rings. The van der Waals surface area contributed by atoms with Gasteiger partial charge in [-0.1, -0.05) is 22.9 Å². The molecule has 0 saturated carbocycles. The van der Waals surface area contributed by atoms with Gasteiger partial charge in [-0.25, -0.2) is 9.97 Å². The first-order valence-electron chi connectivity index (χ1n) is 7.10. The Kier molecular flexibility index (Phi) is 6.67. The minimum atomic E-state index is 0.796. The van der Waals surface area contributed by atoms with Crippen molar-refractivity contribution < 1.29 is 0 Å². The molecule has 0 saturated heterocycles. The second-order valence-corrected chi connectivity index (χ2v) is 6.80. The van der Waals surface area contributed by atoms with Gasteiger partial charge in [0.2, 0.25) is 0 Å². The number of nitrogens with zero attached hydrogens (tertiary/aromatic N) is 2. The average Bonchev–Trinajstić information content (AvgIpc) is 2.46. The lowest BCUT2D eigenvalue weighted by molar-refractivity contribution is 0.659. The largest absolute Gasteiger partial charge is 0.311 e. The van der Waals surface area contributed by atoms with Gasteiger partial charge in [0.15, 0.2) is 0 Å². The zero-order valence-electron chi connectivity index (χ0n) is 12.4. The maximum Gasteiger partial charge on any atom is 0.139 e. The molecular weight excluding hydrogens is 346 g/mol. The summed E-state index contributed by atoms with van der Waals surface area (Å²) in [5.74, 6) is 1.69. The fraction of sp³-hybridized carbons (Fsp3) is 0.375. The topological polar surface area (TPSA) is 37.8 Å². The van der Waals surface area contributed by atoms with Crippen molar-refractivity contribution in [1.29, 1.82) is 0 Å². The molecular formula is C16H20BrN3S. The van der Waals surface area contributed by atoms with Crippen LogP contribution in [0.4, 0.5) is 0 Å². The van der Waals surface area contributed by atoms with E-state index in [1.807, 2.05) is 6.92 Å². The van der Waals surface area contributed by atoms with E-state index in [0.717, 1.165) is 46.9 Å². The Morgan fingerprint density at radius 2 is 1.95 bits per heavy atom. The zero-order chi connectivity index (χ0) is 15.1. The van der Waals surface area contributed by atoms with Crippen LogP contribution in [0.15, 0.2) is 39.7 Å². The van der Waals surface area contributed by atoms with E-state index in [0.29, 0.717) is 0 Å². The van der Waals surface area contributed by atoms with E-state index in [2.05, 4.69) is 68.5 Å². The molecule has 21 heavy (non-hydrogen) atoms. The molecule has 0 spiro atoms. The number of rotatable bonds is 7. The molecule has 0 unspecified atom stereocenters. The Balaban J connectivity index is 1.97. The van der Waals surface area contributed by atoms with Crippen LogP contribution in [-0.4, -0.2) is 16.5 Å². The van der Waals surface area contributed by atoms with Gasteiger partial charge >= 0.3 is 0 Å². The van der Waals surface area contributed by atoms with Crippen LogP contribution < -0.4 is 5.32 Å². The van der Waals surface area contributed by atoms with E-state index < -0.39 is 0 Å². The van der Waals surface area contributed by atoms with Gasteiger partial charge in [-0.15, -0.1) is 11.8 Å². The third-order valence-corrected chi connectivity index (χ3v) is 4.40. The van der Waals surface area contributed by atoms with E-state index in [9.17, 15) is 0 Å². The zero-order valence-corrected chi connectivity index (χ0v) is 14.8. The van der Waals surface area contributed by atoms with Gasteiger partial charge in [0.25, 0.3) is 0 Å². The van der Waals surface area contributed by atoms with Crippen molar-refractivity contribution in [2.24, 2.45) is 0 Å². The van der Waals surface area contributed by atoms with Crippen molar-refractivity contribution in [2.45, 2.75) is 37.5 Å². The monoisotopic (exact) mass is 365 g/mol. The highest BCUT2D eigenvalue weighted by atomic mass is 79.9. The molecule has 0 amide bonds.